The first-order chi connectivity index (χ1) is 8.25. The van der Waals surface area contributed by atoms with E-state index in [1.165, 1.54) is 0 Å². The van der Waals surface area contributed by atoms with Crippen molar-refractivity contribution in [2.24, 2.45) is 5.92 Å². The van der Waals surface area contributed by atoms with Gasteiger partial charge in [-0.25, -0.2) is 0 Å². The van der Waals surface area contributed by atoms with Crippen molar-refractivity contribution in [2.75, 3.05) is 13.1 Å². The van der Waals surface area contributed by atoms with Gasteiger partial charge in [0.1, 0.15) is 11.3 Å². The Morgan fingerprint density at radius 2 is 2.29 bits per heavy atom. The van der Waals surface area contributed by atoms with E-state index in [1.807, 2.05) is 6.07 Å². The predicted molar refractivity (Wildman–Crippen MR) is 69.0 cm³/mol. The summed E-state index contributed by atoms with van der Waals surface area (Å²) in [5.41, 5.74) is 1.00. The Labute approximate surface area is 105 Å². The maximum absolute atomic E-state index is 5.03. The summed E-state index contributed by atoms with van der Waals surface area (Å²) >= 11 is 1.63. The molecule has 5 heteroatoms. The average molecular weight is 251 g/mol. The van der Waals surface area contributed by atoms with Crippen LogP contribution in [0.2, 0.25) is 0 Å². The van der Waals surface area contributed by atoms with Gasteiger partial charge in [-0.1, -0.05) is 25.2 Å². The number of nitrogens with one attached hydrogen (secondary N) is 1. The Morgan fingerprint density at radius 1 is 1.41 bits per heavy atom. The zero-order chi connectivity index (χ0) is 12.1. The van der Waals surface area contributed by atoms with Crippen molar-refractivity contribution in [2.45, 2.75) is 20.3 Å². The summed E-state index contributed by atoms with van der Waals surface area (Å²) in [6, 6.07) is 1.90. The van der Waals surface area contributed by atoms with Gasteiger partial charge in [0.2, 0.25) is 0 Å². The molecular formula is C12H17N3OS. The fraction of sp³-hybridized carbons (Fsp3) is 0.500. The van der Waals surface area contributed by atoms with Crippen LogP contribution in [-0.2, 0) is 6.42 Å². The van der Waals surface area contributed by atoms with Crippen LogP contribution in [0.25, 0.3) is 10.6 Å². The topological polar surface area (TPSA) is 51.0 Å². The van der Waals surface area contributed by atoms with Crippen molar-refractivity contribution >= 4 is 11.3 Å². The molecule has 0 spiro atoms. The Morgan fingerprint density at radius 3 is 3.00 bits per heavy atom. The van der Waals surface area contributed by atoms with Crippen LogP contribution >= 0.6 is 11.3 Å². The quantitative estimate of drug-likeness (QED) is 0.802. The van der Waals surface area contributed by atoms with Crippen LogP contribution < -0.4 is 5.32 Å². The molecule has 0 aliphatic rings. The van der Waals surface area contributed by atoms with E-state index in [9.17, 15) is 0 Å². The summed E-state index contributed by atoms with van der Waals surface area (Å²) in [4.78, 5) is 0. The first-order valence-corrected chi connectivity index (χ1v) is 6.63. The van der Waals surface area contributed by atoms with Crippen molar-refractivity contribution < 1.29 is 4.42 Å². The fourth-order valence-electron chi connectivity index (χ4n) is 1.44. The molecule has 0 aliphatic heterocycles. The third kappa shape index (κ3) is 3.64. The number of hydrogen-bond donors (Lipinski definition) is 1. The highest BCUT2D eigenvalue weighted by Crippen LogP contribution is 2.23. The molecule has 92 valence electrons. The van der Waals surface area contributed by atoms with Gasteiger partial charge < -0.3 is 9.73 Å². The first-order valence-electron chi connectivity index (χ1n) is 5.81. The zero-order valence-corrected chi connectivity index (χ0v) is 11.0. The average Bonchev–Trinajstić information content (AvgIpc) is 2.94. The van der Waals surface area contributed by atoms with Crippen LogP contribution in [0.5, 0.6) is 0 Å². The van der Waals surface area contributed by atoms with Crippen LogP contribution in [0, 0.1) is 5.92 Å². The second-order valence-corrected chi connectivity index (χ2v) is 5.42. The monoisotopic (exact) mass is 251 g/mol. The van der Waals surface area contributed by atoms with Gasteiger partial charge in [-0.15, -0.1) is 10.2 Å². The molecule has 0 radical (unpaired) electrons. The molecule has 2 aromatic heterocycles. The summed E-state index contributed by atoms with van der Waals surface area (Å²) in [6.45, 7) is 6.41. The summed E-state index contributed by atoms with van der Waals surface area (Å²) < 4.78 is 5.03. The van der Waals surface area contributed by atoms with Crippen LogP contribution in [0.4, 0.5) is 0 Å². The maximum Gasteiger partial charge on any atom is 0.151 e. The molecule has 2 aromatic rings. The molecule has 0 amide bonds. The second-order valence-electron chi connectivity index (χ2n) is 4.36. The lowest BCUT2D eigenvalue weighted by Crippen LogP contribution is -2.22. The molecule has 0 atom stereocenters. The van der Waals surface area contributed by atoms with Crippen molar-refractivity contribution in [3.05, 3.63) is 23.6 Å². The van der Waals surface area contributed by atoms with Gasteiger partial charge in [-0.3, -0.25) is 0 Å². The normalized spacial score (nSPS) is 11.2. The molecule has 0 aromatic carbocycles. The van der Waals surface area contributed by atoms with E-state index in [4.69, 9.17) is 4.42 Å². The Balaban J connectivity index is 1.83. The molecule has 2 heterocycles. The third-order valence-electron chi connectivity index (χ3n) is 2.30. The maximum atomic E-state index is 5.03. The lowest BCUT2D eigenvalue weighted by atomic mass is 10.2. The molecular weight excluding hydrogens is 234 g/mol. The molecule has 0 unspecified atom stereocenters. The van der Waals surface area contributed by atoms with Crippen LogP contribution in [0.1, 0.15) is 18.9 Å². The number of rotatable bonds is 6. The highest BCUT2D eigenvalue weighted by Gasteiger charge is 2.07. The van der Waals surface area contributed by atoms with E-state index in [0.29, 0.717) is 5.92 Å². The lowest BCUT2D eigenvalue weighted by molar-refractivity contribution is 0.553. The van der Waals surface area contributed by atoms with Gasteiger partial charge in [0.15, 0.2) is 5.01 Å². The summed E-state index contributed by atoms with van der Waals surface area (Å²) in [7, 11) is 0. The fourth-order valence-corrected chi connectivity index (χ4v) is 2.27. The van der Waals surface area contributed by atoms with Crippen LogP contribution in [0.3, 0.4) is 0 Å². The summed E-state index contributed by atoms with van der Waals surface area (Å²) in [5.74, 6) is 0.686. The van der Waals surface area contributed by atoms with Crippen molar-refractivity contribution in [3.8, 4) is 10.6 Å². The zero-order valence-electron chi connectivity index (χ0n) is 10.1. The third-order valence-corrected chi connectivity index (χ3v) is 3.34. The number of hydrogen-bond acceptors (Lipinski definition) is 5. The van der Waals surface area contributed by atoms with Crippen LogP contribution in [0.15, 0.2) is 23.0 Å². The smallest absolute Gasteiger partial charge is 0.151 e. The summed E-state index contributed by atoms with van der Waals surface area (Å²) in [6.07, 6.45) is 4.28. The SMILES string of the molecule is CC(C)CNCCc1nnc(-c2ccoc2)s1. The molecule has 0 saturated carbocycles. The van der Waals surface area contributed by atoms with Gasteiger partial charge in [0.05, 0.1) is 11.8 Å². The Kier molecular flexibility index (Phi) is 4.28. The first kappa shape index (κ1) is 12.3. The van der Waals surface area contributed by atoms with Crippen molar-refractivity contribution in [1.29, 1.82) is 0 Å². The summed E-state index contributed by atoms with van der Waals surface area (Å²) in [5, 5.41) is 13.7. The molecule has 0 aliphatic carbocycles. The van der Waals surface area contributed by atoms with E-state index < -0.39 is 0 Å². The molecule has 0 bridgehead atoms. The number of furan rings is 1. The van der Waals surface area contributed by atoms with E-state index in [-0.39, 0.29) is 0 Å². The molecule has 0 saturated heterocycles. The van der Waals surface area contributed by atoms with E-state index in [1.54, 1.807) is 23.9 Å². The molecule has 1 N–H and O–H groups in total. The Bertz CT molecular complexity index is 436. The minimum absolute atomic E-state index is 0.686. The lowest BCUT2D eigenvalue weighted by Gasteiger charge is -2.04. The second kappa shape index (κ2) is 5.93. The van der Waals surface area contributed by atoms with E-state index in [0.717, 1.165) is 35.1 Å². The predicted octanol–water partition coefficient (Wildman–Crippen LogP) is 2.59. The van der Waals surface area contributed by atoms with E-state index in [2.05, 4.69) is 29.4 Å². The van der Waals surface area contributed by atoms with Gasteiger partial charge in [0, 0.05) is 13.0 Å². The van der Waals surface area contributed by atoms with Crippen molar-refractivity contribution in [3.63, 3.8) is 0 Å². The van der Waals surface area contributed by atoms with Crippen molar-refractivity contribution in [1.82, 2.24) is 15.5 Å². The minimum atomic E-state index is 0.686. The molecule has 2 rings (SSSR count). The minimum Gasteiger partial charge on any atom is -0.472 e. The molecule has 4 nitrogen and oxygen atoms in total. The molecule has 17 heavy (non-hydrogen) atoms. The van der Waals surface area contributed by atoms with E-state index >= 15 is 0 Å². The van der Waals surface area contributed by atoms with Gasteiger partial charge in [-0.05, 0) is 18.5 Å². The van der Waals surface area contributed by atoms with Crippen LogP contribution in [-0.4, -0.2) is 23.3 Å². The highest BCUT2D eigenvalue weighted by molar-refractivity contribution is 7.14. The molecule has 0 fully saturated rings. The van der Waals surface area contributed by atoms with Gasteiger partial charge in [-0.2, -0.15) is 0 Å². The van der Waals surface area contributed by atoms with Gasteiger partial charge >= 0.3 is 0 Å². The standard InChI is InChI=1S/C12H17N3OS/c1-9(2)7-13-5-3-11-14-15-12(17-11)10-4-6-16-8-10/h4,6,8-9,13H,3,5,7H2,1-2H3. The number of aromatic nitrogens is 2. The van der Waals surface area contributed by atoms with Gasteiger partial charge in [0.25, 0.3) is 0 Å². The highest BCUT2D eigenvalue weighted by atomic mass is 32.1. The largest absolute Gasteiger partial charge is 0.472 e. The number of nitrogens with zero attached hydrogens (tertiary/aromatic N) is 2. The Hall–Kier alpha value is -1.20.